The van der Waals surface area contributed by atoms with Gasteiger partial charge in [-0.2, -0.15) is 12.8 Å². The summed E-state index contributed by atoms with van der Waals surface area (Å²) in [6.07, 6.45) is 13.4. The molecular weight excluding hydrogens is 503 g/mol. The zero-order valence-corrected chi connectivity index (χ0v) is 23.1. The van der Waals surface area contributed by atoms with Gasteiger partial charge in [-0.25, -0.2) is 0 Å². The van der Waals surface area contributed by atoms with E-state index in [9.17, 15) is 0 Å². The Morgan fingerprint density at radius 1 is 0.733 bits per heavy atom. The molecule has 0 amide bonds. The van der Waals surface area contributed by atoms with Crippen LogP contribution < -0.4 is 24.8 Å². The Morgan fingerprint density at radius 2 is 1.07 bits per heavy atom. The normalized spacial score (nSPS) is 16.6. The van der Waals surface area contributed by atoms with E-state index in [4.69, 9.17) is 0 Å². The molecule has 0 nitrogen and oxygen atoms in total. The largest absolute Gasteiger partial charge is 1.00 e. The first kappa shape index (κ1) is 29.6. The van der Waals surface area contributed by atoms with Gasteiger partial charge in [-0.15, -0.1) is 0 Å². The van der Waals surface area contributed by atoms with Crippen molar-refractivity contribution in [3.8, 4) is 0 Å². The first-order valence-electron chi connectivity index (χ1n) is 10.2. The minimum absolute atomic E-state index is 0. The van der Waals surface area contributed by atoms with Crippen LogP contribution in [0.4, 0.5) is 0 Å². The van der Waals surface area contributed by atoms with Crippen LogP contribution in [0.3, 0.4) is 0 Å². The van der Waals surface area contributed by atoms with Crippen molar-refractivity contribution in [1.82, 2.24) is 0 Å². The third-order valence-corrected chi connectivity index (χ3v) is 4.84. The molecule has 0 aliphatic heterocycles. The summed E-state index contributed by atoms with van der Waals surface area (Å²) >= 11 is 1.74. The van der Waals surface area contributed by atoms with Gasteiger partial charge >= 0.3 is 41.9 Å². The van der Waals surface area contributed by atoms with Gasteiger partial charge in [0, 0.05) is 11.8 Å². The van der Waals surface area contributed by atoms with Crippen LogP contribution in [0.1, 0.15) is 59.8 Å². The van der Waals surface area contributed by atoms with Gasteiger partial charge in [0.1, 0.15) is 0 Å². The number of allylic oxidation sites excluding steroid dienone is 2. The SMILES string of the molecule is C[Si](C)=[Zr+2].[CH2-]CCC1C=Cc2ccccc21.[CH2-]CCC1C=Cc2ccccc21.[Cl-].[Cl-]. The Bertz CT molecular complexity index is 762. The second-order valence-electron chi connectivity index (χ2n) is 7.47. The van der Waals surface area contributed by atoms with Crippen molar-refractivity contribution < 1.29 is 48.1 Å². The Labute approximate surface area is 211 Å². The number of hydrogen-bond acceptors (Lipinski definition) is 0. The average Bonchev–Trinajstić information content (AvgIpc) is 3.28. The van der Waals surface area contributed by atoms with Gasteiger partial charge < -0.3 is 38.7 Å². The zero-order chi connectivity index (χ0) is 20.4. The van der Waals surface area contributed by atoms with Crippen molar-refractivity contribution in [3.05, 3.63) is 96.8 Å². The summed E-state index contributed by atoms with van der Waals surface area (Å²) in [4.78, 5) is 0. The molecule has 0 heterocycles. The molecule has 0 spiro atoms. The number of rotatable bonds is 4. The third-order valence-electron chi connectivity index (χ3n) is 4.84. The molecule has 0 bridgehead atoms. The maximum absolute atomic E-state index is 3.89. The third kappa shape index (κ3) is 9.39. The zero-order valence-electron chi connectivity index (χ0n) is 18.1. The van der Waals surface area contributed by atoms with Crippen LogP contribution in [0.15, 0.2) is 60.7 Å². The smallest absolute Gasteiger partial charge is 0.000289 e. The van der Waals surface area contributed by atoms with E-state index in [2.05, 4.69) is 99.8 Å². The first-order valence-corrected chi connectivity index (χ1v) is 16.4. The van der Waals surface area contributed by atoms with Crippen LogP contribution in [0.2, 0.25) is 13.1 Å². The minimum atomic E-state index is 0. The number of fused-ring (bicyclic) bond motifs is 2. The van der Waals surface area contributed by atoms with Gasteiger partial charge in [0.15, 0.2) is 0 Å². The predicted molar refractivity (Wildman–Crippen MR) is 123 cm³/mol. The number of benzene rings is 2. The Morgan fingerprint density at radius 3 is 1.40 bits per heavy atom. The average molecular weight is 535 g/mol. The quantitative estimate of drug-likeness (QED) is 0.413. The number of halogens is 2. The fourth-order valence-corrected chi connectivity index (χ4v) is 3.59. The van der Waals surface area contributed by atoms with E-state index in [0.29, 0.717) is 11.8 Å². The Hall–Kier alpha value is -0.400. The topological polar surface area (TPSA) is 0 Å². The fraction of sp³-hybridized carbons (Fsp3) is 0.308. The van der Waals surface area contributed by atoms with Crippen molar-refractivity contribution in [2.45, 2.75) is 50.6 Å². The molecule has 2 unspecified atom stereocenters. The molecule has 0 saturated carbocycles. The summed E-state index contributed by atoms with van der Waals surface area (Å²) in [5.41, 5.74) is 5.93. The summed E-state index contributed by atoms with van der Waals surface area (Å²) in [5, 5.41) is 0. The van der Waals surface area contributed by atoms with Crippen LogP contribution in [-0.2, 0) is 23.3 Å². The van der Waals surface area contributed by atoms with Crippen molar-refractivity contribution in [2.24, 2.45) is 0 Å². The standard InChI is InChI=1S/2C12H13.C2H6Si.2ClH.Zr/c2*1-2-5-10-8-9-11-6-3-4-7-12(10)11;1-3-2;;;/h2*3-4,6-10H,1-2,5H2;1-2H3;2*1H;/q2*-1;;;;+2/p-2. The molecule has 0 radical (unpaired) electrons. The second kappa shape index (κ2) is 16.3. The molecule has 4 rings (SSSR count). The van der Waals surface area contributed by atoms with Gasteiger partial charge in [-0.3, -0.25) is 0 Å². The van der Waals surface area contributed by atoms with Crippen molar-refractivity contribution in [3.63, 3.8) is 0 Å². The summed E-state index contributed by atoms with van der Waals surface area (Å²) < 4.78 is 0. The summed E-state index contributed by atoms with van der Waals surface area (Å²) in [6, 6.07) is 17.2. The van der Waals surface area contributed by atoms with E-state index in [1.165, 1.54) is 35.1 Å². The Balaban J connectivity index is 0.000000452. The van der Waals surface area contributed by atoms with Crippen molar-refractivity contribution in [2.75, 3.05) is 0 Å². The van der Waals surface area contributed by atoms with Crippen LogP contribution in [0.25, 0.3) is 12.2 Å². The Kier molecular flexibility index (Phi) is 16.0. The van der Waals surface area contributed by atoms with Gasteiger partial charge in [-0.05, 0) is 22.3 Å². The maximum Gasteiger partial charge on any atom is 0.000289 e. The van der Waals surface area contributed by atoms with Gasteiger partial charge in [0.2, 0.25) is 0 Å². The van der Waals surface area contributed by atoms with E-state index in [1.807, 2.05) is 0 Å². The van der Waals surface area contributed by atoms with E-state index in [0.717, 1.165) is 12.8 Å². The van der Waals surface area contributed by atoms with E-state index in [1.54, 1.807) is 23.3 Å². The molecule has 4 heteroatoms. The molecule has 2 aliphatic rings. The molecule has 2 aliphatic carbocycles. The van der Waals surface area contributed by atoms with Crippen molar-refractivity contribution >= 4 is 17.6 Å². The molecule has 0 aromatic heterocycles. The minimum Gasteiger partial charge on any atom is -1.00 e. The predicted octanol–water partition coefficient (Wildman–Crippen LogP) is 1.61. The first-order chi connectivity index (χ1) is 13.6. The second-order valence-corrected chi connectivity index (χ2v) is 16.8. The molecule has 0 saturated heterocycles. The molecule has 0 fully saturated rings. The number of hydrogen-bond donors (Lipinski definition) is 0. The fourth-order valence-electron chi connectivity index (χ4n) is 3.59. The van der Waals surface area contributed by atoms with E-state index in [-0.39, 0.29) is 30.2 Å². The van der Waals surface area contributed by atoms with Crippen LogP contribution in [-0.4, -0.2) is 5.43 Å². The molecule has 30 heavy (non-hydrogen) atoms. The maximum atomic E-state index is 3.89. The molecule has 2 atom stereocenters. The summed E-state index contributed by atoms with van der Waals surface area (Å²) in [7, 11) is 0. The molecule has 2 aromatic carbocycles. The van der Waals surface area contributed by atoms with Gasteiger partial charge in [0.25, 0.3) is 0 Å². The van der Waals surface area contributed by atoms with Crippen LogP contribution in [0.5, 0.6) is 0 Å². The van der Waals surface area contributed by atoms with Gasteiger partial charge in [-0.1, -0.05) is 85.7 Å². The monoisotopic (exact) mass is 532 g/mol. The van der Waals surface area contributed by atoms with Gasteiger partial charge in [0.05, 0.1) is 0 Å². The summed E-state index contributed by atoms with van der Waals surface area (Å²) in [5.74, 6) is 1.25. The molecule has 0 N–H and O–H groups in total. The van der Waals surface area contributed by atoms with Crippen molar-refractivity contribution in [1.29, 1.82) is 0 Å². The summed E-state index contributed by atoms with van der Waals surface area (Å²) in [6.45, 7) is 12.4. The molecule has 160 valence electrons. The van der Waals surface area contributed by atoms with Crippen LogP contribution >= 0.6 is 0 Å². The molecule has 2 aromatic rings. The molecular formula is C26H32Cl2SiZr-2. The van der Waals surface area contributed by atoms with E-state index >= 15 is 0 Å². The van der Waals surface area contributed by atoms with E-state index < -0.39 is 0 Å². The van der Waals surface area contributed by atoms with Crippen LogP contribution in [0, 0.1) is 13.8 Å².